The number of nitrogens with zero attached hydrogens (tertiary/aromatic N) is 2. The Balaban J connectivity index is 2.31. The van der Waals surface area contributed by atoms with E-state index in [4.69, 9.17) is 16.3 Å². The summed E-state index contributed by atoms with van der Waals surface area (Å²) in [4.78, 5) is 15.3. The zero-order valence-electron chi connectivity index (χ0n) is 20.0. The molecule has 0 bridgehead atoms. The van der Waals surface area contributed by atoms with E-state index in [9.17, 15) is 13.2 Å². The summed E-state index contributed by atoms with van der Waals surface area (Å²) >= 11 is 6.28. The van der Waals surface area contributed by atoms with E-state index in [1.165, 1.54) is 22.5 Å². The third-order valence-electron chi connectivity index (χ3n) is 5.71. The number of halogens is 1. The van der Waals surface area contributed by atoms with Crippen molar-refractivity contribution in [3.05, 3.63) is 58.6 Å². The Labute approximate surface area is 202 Å². The minimum Gasteiger partial charge on any atom is -0.497 e. The lowest BCUT2D eigenvalue weighted by atomic mass is 10.0. The molecule has 2 aromatic carbocycles. The Bertz CT molecular complexity index is 1040. The first kappa shape index (κ1) is 27.1. The molecule has 33 heavy (non-hydrogen) atoms. The normalized spacial score (nSPS) is 12.7. The predicted octanol–water partition coefficient (Wildman–Crippen LogP) is 4.19. The topological polar surface area (TPSA) is 79.0 Å². The van der Waals surface area contributed by atoms with Crippen LogP contribution in [0.2, 0.25) is 5.02 Å². The maximum Gasteiger partial charge on any atom is 0.252 e. The molecule has 0 fully saturated rings. The number of benzene rings is 2. The van der Waals surface area contributed by atoms with E-state index in [1.54, 1.807) is 21.0 Å². The Kier molecular flexibility index (Phi) is 10.2. The third-order valence-corrected chi connectivity index (χ3v) is 8.09. The molecule has 1 amide bonds. The maximum absolute atomic E-state index is 13.1. The molecule has 0 aliphatic rings. The van der Waals surface area contributed by atoms with Gasteiger partial charge in [-0.15, -0.1) is 0 Å². The minimum absolute atomic E-state index is 0.0499. The zero-order chi connectivity index (χ0) is 24.6. The van der Waals surface area contributed by atoms with Gasteiger partial charge in [-0.3, -0.25) is 9.69 Å². The van der Waals surface area contributed by atoms with Crippen molar-refractivity contribution in [3.8, 4) is 5.75 Å². The lowest BCUT2D eigenvalue weighted by Gasteiger charge is -2.30. The molecule has 1 atom stereocenters. The number of likely N-dealkylation sites (N-methyl/N-ethyl adjacent to an activating group) is 1. The van der Waals surface area contributed by atoms with Crippen molar-refractivity contribution in [2.75, 3.05) is 39.8 Å². The van der Waals surface area contributed by atoms with Crippen LogP contribution in [0.25, 0.3) is 0 Å². The van der Waals surface area contributed by atoms with Crippen molar-refractivity contribution in [1.82, 2.24) is 14.5 Å². The molecule has 0 radical (unpaired) electrons. The van der Waals surface area contributed by atoms with Gasteiger partial charge in [0.2, 0.25) is 10.0 Å². The first-order valence-electron chi connectivity index (χ1n) is 11.2. The minimum atomic E-state index is -3.70. The number of rotatable bonds is 12. The first-order valence-corrected chi connectivity index (χ1v) is 13.0. The van der Waals surface area contributed by atoms with E-state index in [0.717, 1.165) is 24.4 Å². The fourth-order valence-corrected chi connectivity index (χ4v) is 5.50. The molecule has 7 nitrogen and oxygen atoms in total. The van der Waals surface area contributed by atoms with Crippen LogP contribution in [0.3, 0.4) is 0 Å². The second-order valence-electron chi connectivity index (χ2n) is 7.45. The highest BCUT2D eigenvalue weighted by Gasteiger charge is 2.25. The Hall–Kier alpha value is -2.13. The van der Waals surface area contributed by atoms with Gasteiger partial charge >= 0.3 is 0 Å². The quantitative estimate of drug-likeness (QED) is 0.477. The third kappa shape index (κ3) is 6.47. The van der Waals surface area contributed by atoms with Gasteiger partial charge < -0.3 is 10.1 Å². The molecule has 0 saturated carbocycles. The van der Waals surface area contributed by atoms with E-state index in [2.05, 4.69) is 24.1 Å². The second kappa shape index (κ2) is 12.4. The van der Waals surface area contributed by atoms with Gasteiger partial charge in [-0.05, 0) is 49.0 Å². The second-order valence-corrected chi connectivity index (χ2v) is 9.80. The number of methoxy groups -OCH3 is 1. The molecule has 2 rings (SSSR count). The van der Waals surface area contributed by atoms with Gasteiger partial charge in [0.05, 0.1) is 28.6 Å². The maximum atomic E-state index is 13.1. The molecule has 0 aromatic heterocycles. The van der Waals surface area contributed by atoms with Crippen LogP contribution < -0.4 is 10.1 Å². The van der Waals surface area contributed by atoms with Crippen LogP contribution >= 0.6 is 11.6 Å². The lowest BCUT2D eigenvalue weighted by molar-refractivity contribution is 0.0935. The number of carbonyl (C=O) groups excluding carboxylic acids is 1. The smallest absolute Gasteiger partial charge is 0.252 e. The van der Waals surface area contributed by atoms with Crippen molar-refractivity contribution >= 4 is 27.5 Å². The van der Waals surface area contributed by atoms with Gasteiger partial charge in [0.1, 0.15) is 5.75 Å². The van der Waals surface area contributed by atoms with Crippen molar-refractivity contribution < 1.29 is 17.9 Å². The van der Waals surface area contributed by atoms with Gasteiger partial charge in [0.25, 0.3) is 5.91 Å². The number of carbonyl (C=O) groups is 1. The molecule has 9 heteroatoms. The van der Waals surface area contributed by atoms with E-state index in [-0.39, 0.29) is 21.5 Å². The van der Waals surface area contributed by atoms with Crippen LogP contribution in [0.1, 0.15) is 49.7 Å². The average Bonchev–Trinajstić information content (AvgIpc) is 2.82. The number of sulfonamides is 1. The molecule has 0 aliphatic carbocycles. The summed E-state index contributed by atoms with van der Waals surface area (Å²) in [6, 6.07) is 11.9. The van der Waals surface area contributed by atoms with E-state index < -0.39 is 15.9 Å². The van der Waals surface area contributed by atoms with Crippen molar-refractivity contribution in [3.63, 3.8) is 0 Å². The van der Waals surface area contributed by atoms with Gasteiger partial charge in [-0.2, -0.15) is 4.31 Å². The molecule has 1 N–H and O–H groups in total. The van der Waals surface area contributed by atoms with Crippen LogP contribution in [0.15, 0.2) is 47.4 Å². The van der Waals surface area contributed by atoms with Gasteiger partial charge in [-0.25, -0.2) is 8.42 Å². The number of hydrogen-bond donors (Lipinski definition) is 1. The molecule has 1 unspecified atom stereocenters. The highest BCUT2D eigenvalue weighted by Crippen LogP contribution is 2.26. The molecule has 0 spiro atoms. The molecule has 0 aliphatic heterocycles. The van der Waals surface area contributed by atoms with Crippen LogP contribution in [0, 0.1) is 0 Å². The van der Waals surface area contributed by atoms with Gasteiger partial charge in [-0.1, -0.05) is 51.4 Å². The lowest BCUT2D eigenvalue weighted by Crippen LogP contribution is -2.38. The summed E-state index contributed by atoms with van der Waals surface area (Å²) in [5, 5.41) is 3.15. The summed E-state index contributed by atoms with van der Waals surface area (Å²) in [5.41, 5.74) is 1.15. The van der Waals surface area contributed by atoms with Crippen LogP contribution in [0.5, 0.6) is 5.75 Å². The van der Waals surface area contributed by atoms with Crippen molar-refractivity contribution in [2.45, 2.75) is 38.6 Å². The molecule has 0 saturated heterocycles. The Morgan fingerprint density at radius 1 is 1.03 bits per heavy atom. The van der Waals surface area contributed by atoms with Crippen LogP contribution in [0.4, 0.5) is 0 Å². The number of hydrogen-bond acceptors (Lipinski definition) is 5. The predicted molar refractivity (Wildman–Crippen MR) is 133 cm³/mol. The summed E-state index contributed by atoms with van der Waals surface area (Å²) in [6.45, 7) is 10.3. The summed E-state index contributed by atoms with van der Waals surface area (Å²) in [5.74, 6) is 0.324. The molecule has 0 heterocycles. The SMILES string of the molecule is CCN(CC)C(CNC(=O)c1cc(S(=O)(=O)N(CC)CC)ccc1Cl)c1cccc(OC)c1. The summed E-state index contributed by atoms with van der Waals surface area (Å²) < 4.78 is 32.5. The summed E-state index contributed by atoms with van der Waals surface area (Å²) in [7, 11) is -2.09. The zero-order valence-corrected chi connectivity index (χ0v) is 21.5. The largest absolute Gasteiger partial charge is 0.497 e. The summed E-state index contributed by atoms with van der Waals surface area (Å²) in [6.07, 6.45) is 0. The van der Waals surface area contributed by atoms with E-state index in [0.29, 0.717) is 19.6 Å². The van der Waals surface area contributed by atoms with E-state index in [1.807, 2.05) is 24.3 Å². The fraction of sp³-hybridized carbons (Fsp3) is 0.458. The molecule has 182 valence electrons. The fourth-order valence-electron chi connectivity index (χ4n) is 3.81. The standard InChI is InChI=1S/C24H34ClN3O4S/c1-6-27(7-2)23(18-11-10-12-19(15-18)32-5)17-26-24(29)21-16-20(13-14-22(21)25)33(30,31)28(8-3)9-4/h10-16,23H,6-9,17H2,1-5H3,(H,26,29). The van der Waals surface area contributed by atoms with Crippen molar-refractivity contribution in [2.24, 2.45) is 0 Å². The Morgan fingerprint density at radius 2 is 1.70 bits per heavy atom. The molecular weight excluding hydrogens is 462 g/mol. The number of nitrogens with one attached hydrogen (secondary N) is 1. The number of ether oxygens (including phenoxy) is 1. The van der Waals surface area contributed by atoms with Crippen LogP contribution in [-0.4, -0.2) is 63.4 Å². The highest BCUT2D eigenvalue weighted by molar-refractivity contribution is 7.89. The van der Waals surface area contributed by atoms with Crippen LogP contribution in [-0.2, 0) is 10.0 Å². The van der Waals surface area contributed by atoms with Gasteiger partial charge in [0.15, 0.2) is 0 Å². The Morgan fingerprint density at radius 3 is 2.27 bits per heavy atom. The monoisotopic (exact) mass is 495 g/mol. The molecular formula is C24H34ClN3O4S. The number of amides is 1. The van der Waals surface area contributed by atoms with Crippen molar-refractivity contribution in [1.29, 1.82) is 0 Å². The highest BCUT2D eigenvalue weighted by atomic mass is 35.5. The van der Waals surface area contributed by atoms with E-state index >= 15 is 0 Å². The molecule has 2 aromatic rings. The van der Waals surface area contributed by atoms with Gasteiger partial charge in [0, 0.05) is 19.6 Å². The first-order chi connectivity index (χ1) is 15.7. The average molecular weight is 496 g/mol.